The van der Waals surface area contributed by atoms with Crippen molar-refractivity contribution in [2.45, 2.75) is 13.8 Å². The van der Waals surface area contributed by atoms with Crippen molar-refractivity contribution in [2.24, 2.45) is 0 Å². The molecule has 0 atom stereocenters. The van der Waals surface area contributed by atoms with Crippen molar-refractivity contribution < 1.29 is 19.1 Å². The number of carbonyl (C=O) groups is 2. The standard InChI is InChI=1S/C19H24N4O4/c1-3-26-17-14-16(20-23(17)15-8-6-5-7-9-15)18(24)21-10-12-22(13-11-21)19(25)27-4-2/h5-9,14H,3-4,10-13H2,1-2H3. The highest BCUT2D eigenvalue weighted by Gasteiger charge is 2.27. The fourth-order valence-electron chi connectivity index (χ4n) is 2.94. The number of rotatable bonds is 5. The number of amides is 2. The number of nitrogens with zero attached hydrogens (tertiary/aromatic N) is 4. The molecule has 0 unspecified atom stereocenters. The highest BCUT2D eigenvalue weighted by Crippen LogP contribution is 2.21. The normalized spacial score (nSPS) is 14.1. The summed E-state index contributed by atoms with van der Waals surface area (Å²) >= 11 is 0. The predicted molar refractivity (Wildman–Crippen MR) is 99.2 cm³/mol. The van der Waals surface area contributed by atoms with E-state index in [1.165, 1.54) is 0 Å². The predicted octanol–water partition coefficient (Wildman–Crippen LogP) is 2.19. The minimum absolute atomic E-state index is 0.172. The average molecular weight is 372 g/mol. The lowest BCUT2D eigenvalue weighted by molar-refractivity contribution is 0.0565. The van der Waals surface area contributed by atoms with Crippen LogP contribution in [0.2, 0.25) is 0 Å². The molecule has 144 valence electrons. The van der Waals surface area contributed by atoms with Gasteiger partial charge in [0.25, 0.3) is 5.91 Å². The molecule has 27 heavy (non-hydrogen) atoms. The van der Waals surface area contributed by atoms with Gasteiger partial charge in [0.05, 0.1) is 18.9 Å². The first-order chi connectivity index (χ1) is 13.1. The van der Waals surface area contributed by atoms with Gasteiger partial charge in [-0.1, -0.05) is 18.2 Å². The topological polar surface area (TPSA) is 76.9 Å². The number of ether oxygens (including phenoxy) is 2. The lowest BCUT2D eigenvalue weighted by Crippen LogP contribution is -2.50. The lowest BCUT2D eigenvalue weighted by atomic mass is 10.3. The van der Waals surface area contributed by atoms with E-state index < -0.39 is 0 Å². The first-order valence-corrected chi connectivity index (χ1v) is 9.13. The lowest BCUT2D eigenvalue weighted by Gasteiger charge is -2.33. The summed E-state index contributed by atoms with van der Waals surface area (Å²) < 4.78 is 12.3. The van der Waals surface area contributed by atoms with Crippen molar-refractivity contribution in [2.75, 3.05) is 39.4 Å². The number of benzene rings is 1. The van der Waals surface area contributed by atoms with E-state index in [-0.39, 0.29) is 12.0 Å². The molecular weight excluding hydrogens is 348 g/mol. The zero-order valence-electron chi connectivity index (χ0n) is 15.6. The molecule has 2 aromatic rings. The Hall–Kier alpha value is -3.03. The van der Waals surface area contributed by atoms with Crippen LogP contribution in [-0.4, -0.2) is 71.0 Å². The molecule has 1 saturated heterocycles. The van der Waals surface area contributed by atoms with Gasteiger partial charge >= 0.3 is 6.09 Å². The number of carbonyl (C=O) groups excluding carboxylic acids is 2. The highest BCUT2D eigenvalue weighted by molar-refractivity contribution is 5.93. The first kappa shape index (κ1) is 18.8. The fourth-order valence-corrected chi connectivity index (χ4v) is 2.94. The Bertz CT molecular complexity index is 782. The number of hydrogen-bond acceptors (Lipinski definition) is 5. The second-order valence-electron chi connectivity index (χ2n) is 6.03. The summed E-state index contributed by atoms with van der Waals surface area (Å²) in [6.45, 7) is 6.26. The van der Waals surface area contributed by atoms with Gasteiger partial charge in [0.15, 0.2) is 5.69 Å². The Kier molecular flexibility index (Phi) is 5.95. The Morgan fingerprint density at radius 2 is 1.67 bits per heavy atom. The molecule has 1 aromatic carbocycles. The molecule has 0 N–H and O–H groups in total. The number of hydrogen-bond donors (Lipinski definition) is 0. The van der Waals surface area contributed by atoms with Crippen molar-refractivity contribution in [3.63, 3.8) is 0 Å². The smallest absolute Gasteiger partial charge is 0.409 e. The van der Waals surface area contributed by atoms with E-state index in [9.17, 15) is 9.59 Å². The average Bonchev–Trinajstić information content (AvgIpc) is 3.12. The number of piperazine rings is 1. The molecule has 0 bridgehead atoms. The molecule has 2 heterocycles. The van der Waals surface area contributed by atoms with E-state index in [0.717, 1.165) is 5.69 Å². The fraction of sp³-hybridized carbons (Fsp3) is 0.421. The van der Waals surface area contributed by atoms with Crippen molar-refractivity contribution >= 4 is 12.0 Å². The molecule has 0 saturated carbocycles. The Morgan fingerprint density at radius 3 is 2.30 bits per heavy atom. The third-order valence-electron chi connectivity index (χ3n) is 4.28. The van der Waals surface area contributed by atoms with E-state index in [1.54, 1.807) is 27.5 Å². The van der Waals surface area contributed by atoms with Gasteiger partial charge in [-0.15, -0.1) is 0 Å². The maximum absolute atomic E-state index is 12.9. The molecule has 0 aliphatic carbocycles. The Morgan fingerprint density at radius 1 is 1.00 bits per heavy atom. The number of para-hydroxylation sites is 1. The van der Waals surface area contributed by atoms with Gasteiger partial charge in [-0.3, -0.25) is 4.79 Å². The molecule has 0 radical (unpaired) electrons. The number of aromatic nitrogens is 2. The van der Waals surface area contributed by atoms with Crippen LogP contribution in [0.1, 0.15) is 24.3 Å². The zero-order chi connectivity index (χ0) is 19.2. The second kappa shape index (κ2) is 8.57. The third-order valence-corrected chi connectivity index (χ3v) is 4.28. The van der Waals surface area contributed by atoms with Crippen LogP contribution in [0.4, 0.5) is 4.79 Å². The molecule has 1 aliphatic heterocycles. The van der Waals surface area contributed by atoms with E-state index in [2.05, 4.69) is 5.10 Å². The second-order valence-corrected chi connectivity index (χ2v) is 6.03. The van der Waals surface area contributed by atoms with Crippen LogP contribution in [0.25, 0.3) is 5.69 Å². The third kappa shape index (κ3) is 4.21. The summed E-state index contributed by atoms with van der Waals surface area (Å²) in [5.41, 5.74) is 1.15. The summed E-state index contributed by atoms with van der Waals surface area (Å²) in [4.78, 5) is 28.0. The van der Waals surface area contributed by atoms with Crippen molar-refractivity contribution in [3.05, 3.63) is 42.1 Å². The summed E-state index contributed by atoms with van der Waals surface area (Å²) in [7, 11) is 0. The van der Waals surface area contributed by atoms with Gasteiger partial charge in [-0.2, -0.15) is 5.10 Å². The minimum Gasteiger partial charge on any atom is -0.478 e. The summed E-state index contributed by atoms with van der Waals surface area (Å²) in [6, 6.07) is 11.2. The zero-order valence-corrected chi connectivity index (χ0v) is 15.6. The molecule has 2 amide bonds. The summed E-state index contributed by atoms with van der Waals surface area (Å²) in [5.74, 6) is 0.353. The molecule has 1 fully saturated rings. The molecule has 8 heteroatoms. The van der Waals surface area contributed by atoms with Crippen molar-refractivity contribution in [3.8, 4) is 11.6 Å². The quantitative estimate of drug-likeness (QED) is 0.804. The molecule has 1 aliphatic rings. The van der Waals surface area contributed by atoms with Crippen LogP contribution >= 0.6 is 0 Å². The van der Waals surface area contributed by atoms with E-state index in [1.807, 2.05) is 37.3 Å². The van der Waals surface area contributed by atoms with Crippen LogP contribution in [0, 0.1) is 0 Å². The van der Waals surface area contributed by atoms with Gasteiger partial charge in [0.2, 0.25) is 5.88 Å². The molecule has 0 spiro atoms. The van der Waals surface area contributed by atoms with Gasteiger partial charge in [-0.25, -0.2) is 9.48 Å². The summed E-state index contributed by atoms with van der Waals surface area (Å²) in [5, 5.41) is 4.45. The molecular formula is C19H24N4O4. The van der Waals surface area contributed by atoms with E-state index in [4.69, 9.17) is 9.47 Å². The Labute approximate surface area is 158 Å². The molecule has 8 nitrogen and oxygen atoms in total. The van der Waals surface area contributed by atoms with Crippen LogP contribution in [0.5, 0.6) is 5.88 Å². The van der Waals surface area contributed by atoms with Crippen LogP contribution < -0.4 is 4.74 Å². The van der Waals surface area contributed by atoms with Crippen LogP contribution in [0.15, 0.2) is 36.4 Å². The maximum atomic E-state index is 12.9. The van der Waals surface area contributed by atoms with Gasteiger partial charge in [0, 0.05) is 32.2 Å². The minimum atomic E-state index is -0.336. The van der Waals surface area contributed by atoms with Gasteiger partial charge < -0.3 is 19.3 Å². The molecule has 3 rings (SSSR count). The highest BCUT2D eigenvalue weighted by atomic mass is 16.6. The largest absolute Gasteiger partial charge is 0.478 e. The monoisotopic (exact) mass is 372 g/mol. The van der Waals surface area contributed by atoms with E-state index >= 15 is 0 Å². The molecule has 1 aromatic heterocycles. The van der Waals surface area contributed by atoms with Crippen molar-refractivity contribution in [1.29, 1.82) is 0 Å². The maximum Gasteiger partial charge on any atom is 0.409 e. The SMILES string of the molecule is CCOC(=O)N1CCN(C(=O)c2cc(OCC)n(-c3ccccc3)n2)CC1. The van der Waals surface area contributed by atoms with Crippen molar-refractivity contribution in [1.82, 2.24) is 19.6 Å². The Balaban J connectivity index is 1.73. The van der Waals surface area contributed by atoms with E-state index in [0.29, 0.717) is 51.0 Å². The summed E-state index contributed by atoms with van der Waals surface area (Å²) in [6.07, 6.45) is -0.336. The van der Waals surface area contributed by atoms with Gasteiger partial charge in [-0.05, 0) is 26.0 Å². The first-order valence-electron chi connectivity index (χ1n) is 9.13. The van der Waals surface area contributed by atoms with Crippen LogP contribution in [-0.2, 0) is 4.74 Å². The van der Waals surface area contributed by atoms with Gasteiger partial charge in [0.1, 0.15) is 0 Å². The van der Waals surface area contributed by atoms with Crippen LogP contribution in [0.3, 0.4) is 0 Å².